The van der Waals surface area contributed by atoms with Crippen LogP contribution in [0.4, 0.5) is 16.2 Å². The van der Waals surface area contributed by atoms with Crippen LogP contribution in [0.25, 0.3) is 6.08 Å². The molecule has 3 N–H and O–H groups in total. The summed E-state index contributed by atoms with van der Waals surface area (Å²) in [5.41, 5.74) is 1.72. The molecule has 1 heterocycles. The fourth-order valence-corrected chi connectivity index (χ4v) is 3.58. The molecule has 0 fully saturated rings. The van der Waals surface area contributed by atoms with Crippen LogP contribution in [0.5, 0.6) is 0 Å². The van der Waals surface area contributed by atoms with Gasteiger partial charge >= 0.3 is 6.09 Å². The maximum Gasteiger partial charge on any atom is 0.411 e. The van der Waals surface area contributed by atoms with Crippen molar-refractivity contribution in [2.24, 2.45) is 0 Å². The number of nitrogens with one attached hydrogen (secondary N) is 3. The van der Waals surface area contributed by atoms with Gasteiger partial charge in [0, 0.05) is 17.5 Å². The van der Waals surface area contributed by atoms with E-state index in [4.69, 9.17) is 4.42 Å². The molecule has 0 saturated carbocycles. The van der Waals surface area contributed by atoms with Crippen LogP contribution in [-0.2, 0) is 26.1 Å². The Morgan fingerprint density at radius 1 is 0.969 bits per heavy atom. The van der Waals surface area contributed by atoms with Crippen LogP contribution in [-0.4, -0.2) is 27.5 Å². The Labute approximate surface area is 185 Å². The first-order valence-corrected chi connectivity index (χ1v) is 10.9. The maximum atomic E-state index is 12.3. The molecule has 2 aromatic carbocycles. The Bertz CT molecular complexity index is 1190. The van der Waals surface area contributed by atoms with Crippen LogP contribution in [0.15, 0.2) is 82.3 Å². The third kappa shape index (κ3) is 6.56. The molecule has 166 valence electrons. The zero-order valence-electron chi connectivity index (χ0n) is 17.1. The lowest BCUT2D eigenvalue weighted by Crippen LogP contribution is -2.22. The summed E-state index contributed by atoms with van der Waals surface area (Å²) in [6.07, 6.45) is 3.78. The zero-order chi connectivity index (χ0) is 23.0. The first kappa shape index (κ1) is 22.8. The van der Waals surface area contributed by atoms with Gasteiger partial charge in [0.1, 0.15) is 5.76 Å². The van der Waals surface area contributed by atoms with E-state index in [2.05, 4.69) is 20.1 Å². The van der Waals surface area contributed by atoms with Crippen molar-refractivity contribution in [1.82, 2.24) is 4.72 Å². The maximum absolute atomic E-state index is 12.3. The van der Waals surface area contributed by atoms with Crippen LogP contribution in [0.2, 0.25) is 0 Å². The molecule has 0 aliphatic carbocycles. The highest BCUT2D eigenvalue weighted by Gasteiger charge is 2.14. The van der Waals surface area contributed by atoms with E-state index in [1.54, 1.807) is 54.6 Å². The summed E-state index contributed by atoms with van der Waals surface area (Å²) in [6.45, 7) is 0.0525. The van der Waals surface area contributed by atoms with E-state index in [0.29, 0.717) is 22.7 Å². The summed E-state index contributed by atoms with van der Waals surface area (Å²) in [5.74, 6) is 0.143. The summed E-state index contributed by atoms with van der Waals surface area (Å²) in [7, 11) is -2.42. The summed E-state index contributed by atoms with van der Waals surface area (Å²) < 4.78 is 36.8. The third-order valence-corrected chi connectivity index (χ3v) is 5.64. The van der Waals surface area contributed by atoms with Gasteiger partial charge < -0.3 is 14.5 Å². The normalized spacial score (nSPS) is 11.3. The molecule has 2 amide bonds. The molecule has 3 aromatic rings. The van der Waals surface area contributed by atoms with Crippen molar-refractivity contribution in [1.29, 1.82) is 0 Å². The highest BCUT2D eigenvalue weighted by atomic mass is 32.2. The minimum atomic E-state index is -3.69. The lowest BCUT2D eigenvalue weighted by atomic mass is 10.2. The predicted molar refractivity (Wildman–Crippen MR) is 119 cm³/mol. The van der Waals surface area contributed by atoms with Gasteiger partial charge in [-0.1, -0.05) is 12.1 Å². The van der Waals surface area contributed by atoms with E-state index in [0.717, 1.165) is 0 Å². The van der Waals surface area contributed by atoms with E-state index in [1.165, 1.54) is 31.6 Å². The van der Waals surface area contributed by atoms with Gasteiger partial charge in [-0.2, -0.15) is 0 Å². The fourth-order valence-electron chi connectivity index (χ4n) is 2.58. The topological polar surface area (TPSA) is 127 Å². The van der Waals surface area contributed by atoms with Gasteiger partial charge in [-0.05, 0) is 60.2 Å². The molecular formula is C22H21N3O6S. The monoisotopic (exact) mass is 455 g/mol. The van der Waals surface area contributed by atoms with E-state index < -0.39 is 16.1 Å². The first-order chi connectivity index (χ1) is 15.4. The molecule has 32 heavy (non-hydrogen) atoms. The number of carbonyl (C=O) groups is 2. The van der Waals surface area contributed by atoms with Crippen molar-refractivity contribution in [3.8, 4) is 0 Å². The summed E-state index contributed by atoms with van der Waals surface area (Å²) >= 11 is 0. The van der Waals surface area contributed by atoms with Crippen LogP contribution in [0, 0.1) is 0 Å². The zero-order valence-corrected chi connectivity index (χ0v) is 17.9. The highest BCUT2D eigenvalue weighted by molar-refractivity contribution is 7.89. The van der Waals surface area contributed by atoms with Crippen molar-refractivity contribution in [2.45, 2.75) is 11.4 Å². The van der Waals surface area contributed by atoms with Crippen molar-refractivity contribution in [3.63, 3.8) is 0 Å². The Kier molecular flexibility index (Phi) is 7.42. The molecule has 0 bridgehead atoms. The van der Waals surface area contributed by atoms with E-state index in [-0.39, 0.29) is 17.3 Å². The average Bonchev–Trinajstić information content (AvgIpc) is 3.32. The lowest BCUT2D eigenvalue weighted by molar-refractivity contribution is -0.111. The molecule has 0 atom stereocenters. The largest absolute Gasteiger partial charge is 0.468 e. The molecule has 0 spiro atoms. The van der Waals surface area contributed by atoms with Gasteiger partial charge in [0.15, 0.2) is 0 Å². The Hall–Kier alpha value is -3.89. The molecule has 0 aliphatic rings. The number of ether oxygens (including phenoxy) is 1. The summed E-state index contributed by atoms with van der Waals surface area (Å²) in [4.78, 5) is 23.4. The molecule has 3 rings (SSSR count). The molecular weight excluding hydrogens is 434 g/mol. The number of hydrogen-bond donors (Lipinski definition) is 3. The molecule has 9 nitrogen and oxygen atoms in total. The fraction of sp³-hybridized carbons (Fsp3) is 0.0909. The second-order valence-electron chi connectivity index (χ2n) is 6.49. The van der Waals surface area contributed by atoms with Gasteiger partial charge in [-0.25, -0.2) is 17.9 Å². The van der Waals surface area contributed by atoms with Crippen LogP contribution < -0.4 is 15.4 Å². The quantitative estimate of drug-likeness (QED) is 0.446. The second kappa shape index (κ2) is 10.4. The standard InChI is InChI=1S/C22H21N3O6S/c1-30-22(27)25-18-9-7-17(8-10-18)24-21(26)13-6-16-4-11-20(12-5-16)32(28,29)23-15-19-3-2-14-31-19/h2-14,23H,15H2,1H3,(H,24,26)(H,25,27)/b13-6+. The van der Waals surface area contributed by atoms with Crippen LogP contribution in [0.1, 0.15) is 11.3 Å². The lowest BCUT2D eigenvalue weighted by Gasteiger charge is -2.06. The minimum absolute atomic E-state index is 0.0525. The van der Waals surface area contributed by atoms with Crippen molar-refractivity contribution in [2.75, 3.05) is 17.7 Å². The van der Waals surface area contributed by atoms with Gasteiger partial charge in [-0.3, -0.25) is 10.1 Å². The molecule has 10 heteroatoms. The van der Waals surface area contributed by atoms with Crippen molar-refractivity contribution in [3.05, 3.63) is 84.3 Å². The van der Waals surface area contributed by atoms with E-state index >= 15 is 0 Å². The molecule has 0 radical (unpaired) electrons. The second-order valence-corrected chi connectivity index (χ2v) is 8.26. The van der Waals surface area contributed by atoms with E-state index in [9.17, 15) is 18.0 Å². The Morgan fingerprint density at radius 3 is 2.22 bits per heavy atom. The van der Waals surface area contributed by atoms with Gasteiger partial charge in [-0.15, -0.1) is 0 Å². The van der Waals surface area contributed by atoms with Gasteiger partial charge in [0.2, 0.25) is 15.9 Å². The van der Waals surface area contributed by atoms with Crippen LogP contribution in [0.3, 0.4) is 0 Å². The van der Waals surface area contributed by atoms with Gasteiger partial charge in [0.05, 0.1) is 24.8 Å². The Morgan fingerprint density at radius 2 is 1.62 bits per heavy atom. The predicted octanol–water partition coefficient (Wildman–Crippen LogP) is 3.59. The number of carbonyl (C=O) groups excluding carboxylic acids is 2. The molecule has 0 aliphatic heterocycles. The average molecular weight is 455 g/mol. The highest BCUT2D eigenvalue weighted by Crippen LogP contribution is 2.15. The van der Waals surface area contributed by atoms with Crippen molar-refractivity contribution >= 4 is 39.5 Å². The molecule has 0 saturated heterocycles. The van der Waals surface area contributed by atoms with Crippen molar-refractivity contribution < 1.29 is 27.2 Å². The number of benzene rings is 2. The summed E-state index contributed by atoms with van der Waals surface area (Å²) in [6, 6.07) is 16.0. The summed E-state index contributed by atoms with van der Waals surface area (Å²) in [5, 5.41) is 5.20. The number of furan rings is 1. The molecule has 0 unspecified atom stereocenters. The van der Waals surface area contributed by atoms with E-state index in [1.807, 2.05) is 0 Å². The number of methoxy groups -OCH3 is 1. The number of rotatable bonds is 8. The molecule has 1 aromatic heterocycles. The van der Waals surface area contributed by atoms with Crippen LogP contribution >= 0.6 is 0 Å². The SMILES string of the molecule is COC(=O)Nc1ccc(NC(=O)/C=C/c2ccc(S(=O)(=O)NCc3ccco3)cc2)cc1. The number of amides is 2. The minimum Gasteiger partial charge on any atom is -0.468 e. The Balaban J connectivity index is 1.54. The number of hydrogen-bond acceptors (Lipinski definition) is 6. The third-order valence-electron chi connectivity index (χ3n) is 4.22. The first-order valence-electron chi connectivity index (χ1n) is 9.42. The number of sulfonamides is 1. The van der Waals surface area contributed by atoms with Gasteiger partial charge in [0.25, 0.3) is 0 Å². The number of anilines is 2. The smallest absolute Gasteiger partial charge is 0.411 e.